The minimum atomic E-state index is 0.448. The number of hydrogen-bond acceptors (Lipinski definition) is 7. The van der Waals surface area contributed by atoms with Crippen LogP contribution in [0, 0.1) is 0 Å². The maximum absolute atomic E-state index is 5.36. The smallest absolute Gasteiger partial charge is 0.205 e. The number of methoxy groups -OCH3 is 1. The Hall–Kier alpha value is -2.41. The number of nitrogens with two attached hydrogens (primary N) is 1. The Bertz CT molecular complexity index is 519. The lowest BCUT2D eigenvalue weighted by Gasteiger charge is -2.12. The molecule has 0 saturated carbocycles. The first-order valence-corrected chi connectivity index (χ1v) is 5.83. The summed E-state index contributed by atoms with van der Waals surface area (Å²) in [5, 5.41) is 3.20. The topological polar surface area (TPSA) is 98.0 Å². The molecule has 0 fully saturated rings. The number of anilines is 2. The van der Waals surface area contributed by atoms with Crippen molar-refractivity contribution in [1.82, 2.24) is 15.0 Å². The molecule has 0 saturated heterocycles. The summed E-state index contributed by atoms with van der Waals surface area (Å²) in [6.45, 7) is 0.724. The van der Waals surface area contributed by atoms with Gasteiger partial charge in [0, 0.05) is 18.9 Å². The van der Waals surface area contributed by atoms with Gasteiger partial charge >= 0.3 is 0 Å². The molecular formula is C12H16N6O. The predicted molar refractivity (Wildman–Crippen MR) is 72.8 cm³/mol. The van der Waals surface area contributed by atoms with Gasteiger partial charge in [0.05, 0.1) is 7.11 Å². The van der Waals surface area contributed by atoms with Crippen LogP contribution in [0.5, 0.6) is 5.75 Å². The van der Waals surface area contributed by atoms with Crippen LogP contribution in [0.15, 0.2) is 30.9 Å². The number of rotatable bonds is 6. The highest BCUT2D eigenvalue weighted by Crippen LogP contribution is 2.27. The zero-order chi connectivity index (χ0) is 13.5. The summed E-state index contributed by atoms with van der Waals surface area (Å²) in [6, 6.07) is 3.96. The first kappa shape index (κ1) is 13.0. The molecule has 0 aliphatic heterocycles. The van der Waals surface area contributed by atoms with Gasteiger partial charge in [-0.1, -0.05) is 0 Å². The largest absolute Gasteiger partial charge is 0.490 e. The molecule has 7 heteroatoms. The van der Waals surface area contributed by atoms with Gasteiger partial charge in [0.25, 0.3) is 0 Å². The molecule has 2 aromatic rings. The summed E-state index contributed by atoms with van der Waals surface area (Å²) >= 11 is 0. The Morgan fingerprint density at radius 3 is 2.63 bits per heavy atom. The van der Waals surface area contributed by atoms with Gasteiger partial charge in [0.15, 0.2) is 11.6 Å². The van der Waals surface area contributed by atoms with E-state index in [0.717, 1.165) is 13.0 Å². The number of pyridine rings is 1. The standard InChI is InChI=1S/C12H16N6O/c1-19-10-11(16-8-17-12(10)18-13)15-7-4-9-2-5-14-6-3-9/h2-3,5-6,8H,4,7,13H2,1H3,(H2,15,16,17,18). The predicted octanol–water partition coefficient (Wildman–Crippen LogP) is 0.820. The number of hydrazine groups is 1. The van der Waals surface area contributed by atoms with E-state index < -0.39 is 0 Å². The minimum absolute atomic E-state index is 0.448. The zero-order valence-corrected chi connectivity index (χ0v) is 10.6. The lowest BCUT2D eigenvalue weighted by Crippen LogP contribution is -2.13. The van der Waals surface area contributed by atoms with Crippen molar-refractivity contribution in [2.24, 2.45) is 5.84 Å². The molecule has 0 aromatic carbocycles. The molecule has 7 nitrogen and oxygen atoms in total. The number of aromatic nitrogens is 3. The third-order valence-electron chi connectivity index (χ3n) is 2.60. The summed E-state index contributed by atoms with van der Waals surface area (Å²) < 4.78 is 5.23. The third kappa shape index (κ3) is 3.29. The molecule has 0 atom stereocenters. The first-order chi connectivity index (χ1) is 9.35. The average Bonchev–Trinajstić information content (AvgIpc) is 2.48. The van der Waals surface area contributed by atoms with Crippen LogP contribution < -0.4 is 21.3 Å². The third-order valence-corrected chi connectivity index (χ3v) is 2.60. The number of nitrogens with zero attached hydrogens (tertiary/aromatic N) is 3. The number of nitrogens with one attached hydrogen (secondary N) is 2. The van der Waals surface area contributed by atoms with Crippen LogP contribution in [0.1, 0.15) is 5.56 Å². The Morgan fingerprint density at radius 1 is 1.21 bits per heavy atom. The fourth-order valence-corrected chi connectivity index (χ4v) is 1.67. The zero-order valence-electron chi connectivity index (χ0n) is 10.6. The maximum Gasteiger partial charge on any atom is 0.205 e. The number of nitrogen functional groups attached to an aromatic ring is 1. The van der Waals surface area contributed by atoms with Crippen LogP contribution in [-0.2, 0) is 6.42 Å². The second-order valence-corrected chi connectivity index (χ2v) is 3.78. The molecule has 0 aliphatic rings. The van der Waals surface area contributed by atoms with E-state index in [2.05, 4.69) is 25.7 Å². The lowest BCUT2D eigenvalue weighted by atomic mass is 10.2. The summed E-state index contributed by atoms with van der Waals surface area (Å²) in [5.74, 6) is 6.92. The Labute approximate surface area is 111 Å². The molecule has 19 heavy (non-hydrogen) atoms. The van der Waals surface area contributed by atoms with Gasteiger partial charge in [-0.05, 0) is 24.1 Å². The molecule has 0 spiro atoms. The second kappa shape index (κ2) is 6.50. The van der Waals surface area contributed by atoms with Crippen molar-refractivity contribution in [1.29, 1.82) is 0 Å². The number of ether oxygens (including phenoxy) is 1. The molecule has 2 aromatic heterocycles. The maximum atomic E-state index is 5.36. The Kier molecular flexibility index (Phi) is 4.46. The van der Waals surface area contributed by atoms with Gasteiger partial charge in [-0.3, -0.25) is 4.98 Å². The second-order valence-electron chi connectivity index (χ2n) is 3.78. The average molecular weight is 260 g/mol. The molecule has 2 heterocycles. The van der Waals surface area contributed by atoms with Crippen molar-refractivity contribution in [2.75, 3.05) is 24.4 Å². The van der Waals surface area contributed by atoms with Crippen LogP contribution in [0.3, 0.4) is 0 Å². The van der Waals surface area contributed by atoms with Gasteiger partial charge in [-0.2, -0.15) is 0 Å². The normalized spacial score (nSPS) is 10.0. The van der Waals surface area contributed by atoms with E-state index in [1.807, 2.05) is 12.1 Å². The summed E-state index contributed by atoms with van der Waals surface area (Å²) in [4.78, 5) is 12.1. The van der Waals surface area contributed by atoms with E-state index >= 15 is 0 Å². The Morgan fingerprint density at radius 2 is 1.95 bits per heavy atom. The molecule has 100 valence electrons. The highest BCUT2D eigenvalue weighted by molar-refractivity contribution is 5.62. The summed E-state index contributed by atoms with van der Waals surface area (Å²) in [7, 11) is 1.55. The highest BCUT2D eigenvalue weighted by Gasteiger charge is 2.10. The molecule has 0 amide bonds. The van der Waals surface area contributed by atoms with Crippen LogP contribution in [0.2, 0.25) is 0 Å². The van der Waals surface area contributed by atoms with Gasteiger partial charge < -0.3 is 15.5 Å². The van der Waals surface area contributed by atoms with E-state index in [0.29, 0.717) is 17.4 Å². The van der Waals surface area contributed by atoms with Gasteiger partial charge in [-0.15, -0.1) is 0 Å². The minimum Gasteiger partial charge on any atom is -0.490 e. The molecule has 0 aliphatic carbocycles. The van der Waals surface area contributed by atoms with E-state index in [4.69, 9.17) is 10.6 Å². The fourth-order valence-electron chi connectivity index (χ4n) is 1.67. The molecule has 0 unspecified atom stereocenters. The van der Waals surface area contributed by atoms with E-state index in [1.165, 1.54) is 11.9 Å². The van der Waals surface area contributed by atoms with Crippen molar-refractivity contribution in [3.05, 3.63) is 36.4 Å². The summed E-state index contributed by atoms with van der Waals surface area (Å²) in [5.41, 5.74) is 3.67. The quantitative estimate of drug-likeness (QED) is 0.522. The fraction of sp³-hybridized carbons (Fsp3) is 0.250. The van der Waals surface area contributed by atoms with Crippen molar-refractivity contribution >= 4 is 11.6 Å². The van der Waals surface area contributed by atoms with Crippen molar-refractivity contribution in [2.45, 2.75) is 6.42 Å². The van der Waals surface area contributed by atoms with E-state index in [-0.39, 0.29) is 0 Å². The van der Waals surface area contributed by atoms with E-state index in [1.54, 1.807) is 19.5 Å². The molecular weight excluding hydrogens is 244 g/mol. The SMILES string of the molecule is COc1c(NN)ncnc1NCCc1ccncc1. The number of hydrogen-bond donors (Lipinski definition) is 3. The van der Waals surface area contributed by atoms with Crippen molar-refractivity contribution < 1.29 is 4.74 Å². The van der Waals surface area contributed by atoms with Gasteiger partial charge in [-0.25, -0.2) is 15.8 Å². The highest BCUT2D eigenvalue weighted by atomic mass is 16.5. The van der Waals surface area contributed by atoms with Gasteiger partial charge in [0.1, 0.15) is 6.33 Å². The van der Waals surface area contributed by atoms with Crippen LogP contribution in [-0.4, -0.2) is 28.6 Å². The molecule has 0 bridgehead atoms. The van der Waals surface area contributed by atoms with Crippen molar-refractivity contribution in [3.63, 3.8) is 0 Å². The van der Waals surface area contributed by atoms with Gasteiger partial charge in [0.2, 0.25) is 5.75 Å². The van der Waals surface area contributed by atoms with Crippen molar-refractivity contribution in [3.8, 4) is 5.75 Å². The van der Waals surface area contributed by atoms with Crippen LogP contribution in [0.4, 0.5) is 11.6 Å². The van der Waals surface area contributed by atoms with Crippen LogP contribution >= 0.6 is 0 Å². The summed E-state index contributed by atoms with van der Waals surface area (Å²) in [6.07, 6.45) is 5.83. The molecule has 0 radical (unpaired) electrons. The molecule has 4 N–H and O–H groups in total. The lowest BCUT2D eigenvalue weighted by molar-refractivity contribution is 0.414. The Balaban J connectivity index is 2.00. The first-order valence-electron chi connectivity index (χ1n) is 5.83. The van der Waals surface area contributed by atoms with Crippen LogP contribution in [0.25, 0.3) is 0 Å². The van der Waals surface area contributed by atoms with E-state index in [9.17, 15) is 0 Å². The molecule has 2 rings (SSSR count). The monoisotopic (exact) mass is 260 g/mol.